The highest BCUT2D eigenvalue weighted by molar-refractivity contribution is 6.21. The number of benzene rings is 3. The molecule has 0 fully saturated rings. The summed E-state index contributed by atoms with van der Waals surface area (Å²) in [4.78, 5) is 49.9. The number of primary amides is 1. The summed E-state index contributed by atoms with van der Waals surface area (Å²) in [6.07, 6.45) is -0.208. The third kappa shape index (κ3) is 5.64. The second-order valence-corrected chi connectivity index (χ2v) is 7.78. The van der Waals surface area contributed by atoms with Crippen LogP contribution in [-0.2, 0) is 9.53 Å². The van der Waals surface area contributed by atoms with Crippen LogP contribution in [0.4, 0.5) is 4.79 Å². The van der Waals surface area contributed by atoms with Gasteiger partial charge in [0.15, 0.2) is 0 Å². The number of hydrogen-bond donors (Lipinski definition) is 2. The number of urea groups is 1. The maximum atomic E-state index is 12.5. The first-order chi connectivity index (χ1) is 16.9. The Morgan fingerprint density at radius 3 is 2.14 bits per heavy atom. The number of nitrogens with one attached hydrogen (secondary N) is 1. The van der Waals surface area contributed by atoms with Crippen LogP contribution in [0.5, 0.6) is 11.5 Å². The number of rotatable bonds is 9. The molecule has 1 aliphatic rings. The molecule has 9 heteroatoms. The van der Waals surface area contributed by atoms with Gasteiger partial charge in [0.2, 0.25) is 0 Å². The van der Waals surface area contributed by atoms with Crippen molar-refractivity contribution in [3.05, 3.63) is 95.6 Å². The molecular weight excluding hydrogens is 450 g/mol. The molecule has 4 amide bonds. The van der Waals surface area contributed by atoms with Gasteiger partial charge < -0.3 is 20.5 Å². The van der Waals surface area contributed by atoms with E-state index in [2.05, 4.69) is 5.32 Å². The van der Waals surface area contributed by atoms with E-state index in [9.17, 15) is 19.2 Å². The van der Waals surface area contributed by atoms with Gasteiger partial charge >= 0.3 is 12.0 Å². The fourth-order valence-corrected chi connectivity index (χ4v) is 3.76. The molecule has 3 N–H and O–H groups in total. The Bertz CT molecular complexity index is 1230. The van der Waals surface area contributed by atoms with E-state index in [-0.39, 0.29) is 19.6 Å². The monoisotopic (exact) mass is 473 g/mol. The normalized spacial score (nSPS) is 13.2. The Hall–Kier alpha value is -4.66. The molecule has 0 saturated carbocycles. The molecule has 35 heavy (non-hydrogen) atoms. The summed E-state index contributed by atoms with van der Waals surface area (Å²) in [5, 5.41) is 2.54. The van der Waals surface area contributed by atoms with Crippen molar-refractivity contribution in [1.82, 2.24) is 10.2 Å². The number of carbonyl (C=O) groups is 4. The molecule has 0 radical (unpaired) electrons. The zero-order valence-corrected chi connectivity index (χ0v) is 18.7. The van der Waals surface area contributed by atoms with Crippen LogP contribution < -0.4 is 15.8 Å². The topological polar surface area (TPSA) is 128 Å². The van der Waals surface area contributed by atoms with E-state index in [1.807, 2.05) is 18.2 Å². The molecule has 0 unspecified atom stereocenters. The van der Waals surface area contributed by atoms with Crippen LogP contribution in [0.25, 0.3) is 0 Å². The first-order valence-electron chi connectivity index (χ1n) is 10.9. The second-order valence-electron chi connectivity index (χ2n) is 7.78. The molecule has 0 aromatic heterocycles. The van der Waals surface area contributed by atoms with Crippen molar-refractivity contribution in [2.75, 3.05) is 13.2 Å². The van der Waals surface area contributed by atoms with Gasteiger partial charge in [-0.25, -0.2) is 4.79 Å². The lowest BCUT2D eigenvalue weighted by Crippen LogP contribution is -2.36. The lowest BCUT2D eigenvalue weighted by atomic mass is 10.0. The number of esters is 1. The predicted octanol–water partition coefficient (Wildman–Crippen LogP) is 3.42. The summed E-state index contributed by atoms with van der Waals surface area (Å²) in [6, 6.07) is 21.0. The SMILES string of the molecule is NC(=O)N[C@@H](CC(=O)OCCN1C(=O)c2ccccc2C1=O)c1cccc(Oc2ccccc2)c1. The number of hydrogen-bond acceptors (Lipinski definition) is 6. The molecule has 3 aromatic rings. The molecule has 1 heterocycles. The third-order valence-electron chi connectivity index (χ3n) is 5.38. The van der Waals surface area contributed by atoms with Crippen LogP contribution in [0, 0.1) is 0 Å². The zero-order valence-electron chi connectivity index (χ0n) is 18.7. The van der Waals surface area contributed by atoms with Crippen molar-refractivity contribution in [3.8, 4) is 11.5 Å². The number of nitrogens with zero attached hydrogens (tertiary/aromatic N) is 1. The Balaban J connectivity index is 1.36. The number of ether oxygens (including phenoxy) is 2. The lowest BCUT2D eigenvalue weighted by molar-refractivity contribution is -0.144. The first kappa shape index (κ1) is 23.5. The minimum atomic E-state index is -0.803. The number of para-hydroxylation sites is 1. The van der Waals surface area contributed by atoms with Crippen LogP contribution in [0.15, 0.2) is 78.9 Å². The van der Waals surface area contributed by atoms with Crippen molar-refractivity contribution >= 4 is 23.8 Å². The maximum Gasteiger partial charge on any atom is 0.312 e. The van der Waals surface area contributed by atoms with Gasteiger partial charge in [0.05, 0.1) is 30.1 Å². The van der Waals surface area contributed by atoms with E-state index < -0.39 is 29.9 Å². The fourth-order valence-electron chi connectivity index (χ4n) is 3.76. The van der Waals surface area contributed by atoms with Crippen LogP contribution in [0.2, 0.25) is 0 Å². The van der Waals surface area contributed by atoms with Crippen molar-refractivity contribution in [1.29, 1.82) is 0 Å². The van der Waals surface area contributed by atoms with Gasteiger partial charge in [0.1, 0.15) is 18.1 Å². The number of amides is 4. The molecule has 0 saturated heterocycles. The average Bonchev–Trinajstić information content (AvgIpc) is 3.09. The fraction of sp³-hybridized carbons (Fsp3) is 0.154. The summed E-state index contributed by atoms with van der Waals surface area (Å²) < 4.78 is 11.1. The molecule has 0 bridgehead atoms. The summed E-state index contributed by atoms with van der Waals surface area (Å²) >= 11 is 0. The van der Waals surface area contributed by atoms with Gasteiger partial charge in [0, 0.05) is 0 Å². The first-order valence-corrected chi connectivity index (χ1v) is 10.9. The Labute approximate surface area is 201 Å². The quantitative estimate of drug-likeness (QED) is 0.362. The van der Waals surface area contributed by atoms with Gasteiger partial charge in [-0.3, -0.25) is 19.3 Å². The van der Waals surface area contributed by atoms with Gasteiger partial charge in [-0.05, 0) is 42.0 Å². The Morgan fingerprint density at radius 2 is 1.49 bits per heavy atom. The van der Waals surface area contributed by atoms with Crippen LogP contribution in [0.3, 0.4) is 0 Å². The second kappa shape index (κ2) is 10.5. The van der Waals surface area contributed by atoms with E-state index in [1.54, 1.807) is 60.7 Å². The summed E-state index contributed by atoms with van der Waals surface area (Å²) in [7, 11) is 0. The number of fused-ring (bicyclic) bond motifs is 1. The Morgan fingerprint density at radius 1 is 0.857 bits per heavy atom. The van der Waals surface area contributed by atoms with Crippen LogP contribution in [-0.4, -0.2) is 41.9 Å². The molecule has 9 nitrogen and oxygen atoms in total. The van der Waals surface area contributed by atoms with Crippen molar-refractivity contribution in [2.24, 2.45) is 5.73 Å². The van der Waals surface area contributed by atoms with Gasteiger partial charge in [-0.15, -0.1) is 0 Å². The van der Waals surface area contributed by atoms with Crippen molar-refractivity contribution < 1.29 is 28.7 Å². The van der Waals surface area contributed by atoms with Gasteiger partial charge in [-0.1, -0.05) is 42.5 Å². The van der Waals surface area contributed by atoms with E-state index in [0.29, 0.717) is 28.2 Å². The molecule has 0 aliphatic carbocycles. The highest BCUT2D eigenvalue weighted by Crippen LogP contribution is 2.26. The Kier molecular flexibility index (Phi) is 7.06. The van der Waals surface area contributed by atoms with Gasteiger partial charge in [0.25, 0.3) is 11.8 Å². The molecule has 178 valence electrons. The third-order valence-corrected chi connectivity index (χ3v) is 5.38. The molecule has 0 spiro atoms. The van der Waals surface area contributed by atoms with E-state index in [0.717, 1.165) is 4.90 Å². The molecule has 1 atom stereocenters. The minimum Gasteiger partial charge on any atom is -0.464 e. The zero-order chi connectivity index (χ0) is 24.8. The van der Waals surface area contributed by atoms with Crippen LogP contribution in [0.1, 0.15) is 38.7 Å². The van der Waals surface area contributed by atoms with Crippen molar-refractivity contribution in [2.45, 2.75) is 12.5 Å². The van der Waals surface area contributed by atoms with E-state index >= 15 is 0 Å². The maximum absolute atomic E-state index is 12.5. The smallest absolute Gasteiger partial charge is 0.312 e. The average molecular weight is 473 g/mol. The highest BCUT2D eigenvalue weighted by atomic mass is 16.5. The molecule has 4 rings (SSSR count). The summed E-state index contributed by atoms with van der Waals surface area (Å²) in [6.45, 7) is -0.253. The summed E-state index contributed by atoms with van der Waals surface area (Å²) in [5.41, 5.74) is 6.55. The molecule has 3 aromatic carbocycles. The standard InChI is InChI=1S/C26H23N3O6/c27-26(33)28-22(17-7-6-10-19(15-17)35-18-8-2-1-3-9-18)16-23(30)34-14-13-29-24(31)20-11-4-5-12-21(20)25(29)32/h1-12,15,22H,13-14,16H2,(H3,27,28,33)/t22-/m0/s1. The summed E-state index contributed by atoms with van der Waals surface area (Å²) in [5.74, 6) is -0.328. The molecule has 1 aliphatic heterocycles. The number of imide groups is 1. The van der Waals surface area contributed by atoms with Crippen molar-refractivity contribution in [3.63, 3.8) is 0 Å². The predicted molar refractivity (Wildman–Crippen MR) is 126 cm³/mol. The highest BCUT2D eigenvalue weighted by Gasteiger charge is 2.34. The molecular formula is C26H23N3O6. The lowest BCUT2D eigenvalue weighted by Gasteiger charge is -2.19. The van der Waals surface area contributed by atoms with E-state index in [1.165, 1.54) is 0 Å². The largest absolute Gasteiger partial charge is 0.464 e. The van der Waals surface area contributed by atoms with E-state index in [4.69, 9.17) is 15.2 Å². The van der Waals surface area contributed by atoms with Crippen LogP contribution >= 0.6 is 0 Å². The minimum absolute atomic E-state index is 0.0770. The van der Waals surface area contributed by atoms with Gasteiger partial charge in [-0.2, -0.15) is 0 Å². The number of nitrogens with two attached hydrogens (primary N) is 1. The number of carbonyl (C=O) groups excluding carboxylic acids is 4.